The Morgan fingerprint density at radius 3 is 2.40 bits per heavy atom. The van der Waals surface area contributed by atoms with E-state index >= 15 is 0 Å². The van der Waals surface area contributed by atoms with E-state index in [4.69, 9.17) is 5.11 Å². The summed E-state index contributed by atoms with van der Waals surface area (Å²) in [4.78, 5) is 10.9. The van der Waals surface area contributed by atoms with E-state index in [0.717, 1.165) is 31.1 Å². The average molecular weight is 278 g/mol. The lowest BCUT2D eigenvalue weighted by Crippen LogP contribution is -2.58. The maximum atomic E-state index is 11.1. The molecule has 4 rings (SSSR count). The maximum absolute atomic E-state index is 11.1. The molecule has 4 atom stereocenters. The molecule has 3 heteroatoms. The van der Waals surface area contributed by atoms with E-state index in [0.29, 0.717) is 23.3 Å². The molecule has 112 valence electrons. The first-order valence-corrected chi connectivity index (χ1v) is 8.01. The van der Waals surface area contributed by atoms with E-state index in [1.807, 2.05) is 6.08 Å². The van der Waals surface area contributed by atoms with Gasteiger partial charge in [-0.1, -0.05) is 13.0 Å². The lowest BCUT2D eigenvalue weighted by atomic mass is 9.47. The Morgan fingerprint density at radius 1 is 1.30 bits per heavy atom. The minimum Gasteiger partial charge on any atom is -0.478 e. The summed E-state index contributed by atoms with van der Waals surface area (Å²) in [5.41, 5.74) is -0.0354. The lowest BCUT2D eigenvalue weighted by molar-refractivity contribution is -0.185. The SMILES string of the molecule is CC(=CCC(C)C1C2CC3CC(C2)CC1(O)C3)C(=O)O. The molecule has 3 nitrogen and oxygen atoms in total. The minimum absolute atomic E-state index is 0.369. The van der Waals surface area contributed by atoms with Crippen LogP contribution in [-0.4, -0.2) is 21.8 Å². The van der Waals surface area contributed by atoms with Crippen molar-refractivity contribution in [2.24, 2.45) is 29.6 Å². The van der Waals surface area contributed by atoms with Gasteiger partial charge in [0.05, 0.1) is 5.60 Å². The maximum Gasteiger partial charge on any atom is 0.330 e. The van der Waals surface area contributed by atoms with Crippen LogP contribution in [0, 0.1) is 29.6 Å². The Hall–Kier alpha value is -0.830. The summed E-state index contributed by atoms with van der Waals surface area (Å²) < 4.78 is 0. The third kappa shape index (κ3) is 2.30. The highest BCUT2D eigenvalue weighted by Crippen LogP contribution is 2.60. The molecule has 0 aromatic rings. The number of rotatable bonds is 4. The van der Waals surface area contributed by atoms with Gasteiger partial charge in [0.25, 0.3) is 0 Å². The van der Waals surface area contributed by atoms with Crippen LogP contribution in [0.3, 0.4) is 0 Å². The molecule has 4 fully saturated rings. The predicted octanol–water partition coefficient (Wildman–Crippen LogP) is 3.23. The summed E-state index contributed by atoms with van der Waals surface area (Å²) >= 11 is 0. The molecule has 0 saturated heterocycles. The molecule has 4 saturated carbocycles. The Morgan fingerprint density at radius 2 is 1.90 bits per heavy atom. The van der Waals surface area contributed by atoms with Gasteiger partial charge in [0.2, 0.25) is 0 Å². The molecule has 20 heavy (non-hydrogen) atoms. The molecule has 2 N–H and O–H groups in total. The number of carboxylic acid groups (broad SMARTS) is 1. The number of carboxylic acids is 1. The molecular weight excluding hydrogens is 252 g/mol. The van der Waals surface area contributed by atoms with Crippen LogP contribution in [0.25, 0.3) is 0 Å². The Bertz CT molecular complexity index is 426. The molecule has 0 aromatic heterocycles. The van der Waals surface area contributed by atoms with Crippen LogP contribution < -0.4 is 0 Å². The Balaban J connectivity index is 1.73. The average Bonchev–Trinajstić information content (AvgIpc) is 2.33. The van der Waals surface area contributed by atoms with Gasteiger partial charge in [-0.3, -0.25) is 0 Å². The fraction of sp³-hybridized carbons (Fsp3) is 0.824. The van der Waals surface area contributed by atoms with Crippen LogP contribution in [0.15, 0.2) is 11.6 Å². The number of aliphatic carboxylic acids is 1. The van der Waals surface area contributed by atoms with Gasteiger partial charge < -0.3 is 10.2 Å². The van der Waals surface area contributed by atoms with Crippen LogP contribution >= 0.6 is 0 Å². The highest BCUT2D eigenvalue weighted by atomic mass is 16.4. The van der Waals surface area contributed by atoms with Gasteiger partial charge in [-0.25, -0.2) is 4.79 Å². The van der Waals surface area contributed by atoms with Gasteiger partial charge in [-0.15, -0.1) is 0 Å². The highest BCUT2D eigenvalue weighted by molar-refractivity contribution is 5.85. The van der Waals surface area contributed by atoms with E-state index in [9.17, 15) is 9.90 Å². The van der Waals surface area contributed by atoms with Crippen molar-refractivity contribution >= 4 is 5.97 Å². The largest absolute Gasteiger partial charge is 0.478 e. The highest BCUT2D eigenvalue weighted by Gasteiger charge is 2.57. The molecule has 0 spiro atoms. The molecule has 0 amide bonds. The molecule has 4 aliphatic rings. The third-order valence-corrected chi connectivity index (χ3v) is 6.10. The second kappa shape index (κ2) is 4.87. The predicted molar refractivity (Wildman–Crippen MR) is 77.2 cm³/mol. The fourth-order valence-electron chi connectivity index (χ4n) is 5.63. The second-order valence-corrected chi connectivity index (χ2v) is 7.64. The Labute approximate surface area is 121 Å². The van der Waals surface area contributed by atoms with Crippen LogP contribution in [0.1, 0.15) is 52.4 Å². The van der Waals surface area contributed by atoms with Crippen molar-refractivity contribution < 1.29 is 15.0 Å². The van der Waals surface area contributed by atoms with Crippen LogP contribution in [0.4, 0.5) is 0 Å². The van der Waals surface area contributed by atoms with Gasteiger partial charge in [0.1, 0.15) is 0 Å². The zero-order valence-corrected chi connectivity index (χ0v) is 12.5. The van der Waals surface area contributed by atoms with Gasteiger partial charge in [0, 0.05) is 5.57 Å². The van der Waals surface area contributed by atoms with Crippen molar-refractivity contribution in [3.8, 4) is 0 Å². The van der Waals surface area contributed by atoms with Crippen LogP contribution in [0.5, 0.6) is 0 Å². The number of aliphatic hydroxyl groups is 1. The van der Waals surface area contributed by atoms with Crippen molar-refractivity contribution in [3.05, 3.63) is 11.6 Å². The van der Waals surface area contributed by atoms with Crippen LogP contribution in [-0.2, 0) is 4.79 Å². The summed E-state index contributed by atoms with van der Waals surface area (Å²) in [6.45, 7) is 3.84. The summed E-state index contributed by atoms with van der Waals surface area (Å²) in [6.07, 6.45) is 8.48. The first-order valence-electron chi connectivity index (χ1n) is 8.01. The van der Waals surface area contributed by atoms with Gasteiger partial charge >= 0.3 is 5.97 Å². The van der Waals surface area contributed by atoms with Crippen molar-refractivity contribution in [2.45, 2.75) is 58.0 Å². The number of hydrogen-bond acceptors (Lipinski definition) is 2. The van der Waals surface area contributed by atoms with Gasteiger partial charge in [-0.2, -0.15) is 0 Å². The zero-order chi connectivity index (χ0) is 14.5. The molecule has 0 heterocycles. The molecule has 0 radical (unpaired) electrons. The van der Waals surface area contributed by atoms with E-state index in [-0.39, 0.29) is 0 Å². The normalized spacial score (nSPS) is 44.6. The molecule has 0 aliphatic heterocycles. The standard InChI is InChI=1S/C17H26O3/c1-10(3-4-11(2)16(18)19)15-14-6-12-5-13(7-14)9-17(15,20)8-12/h4,10,12-15,20H,3,5-9H2,1-2H3,(H,18,19). The lowest BCUT2D eigenvalue weighted by Gasteiger charge is -2.60. The molecular formula is C17H26O3. The minimum atomic E-state index is -0.832. The molecule has 4 aliphatic carbocycles. The van der Waals surface area contributed by atoms with E-state index < -0.39 is 11.6 Å². The molecule has 4 bridgehead atoms. The van der Waals surface area contributed by atoms with Gasteiger partial charge in [0.15, 0.2) is 0 Å². The smallest absolute Gasteiger partial charge is 0.330 e. The summed E-state index contributed by atoms with van der Waals surface area (Å²) in [5, 5.41) is 20.0. The Kier molecular flexibility index (Phi) is 3.44. The van der Waals surface area contributed by atoms with E-state index in [1.54, 1.807) is 6.92 Å². The fourth-order valence-corrected chi connectivity index (χ4v) is 5.63. The quantitative estimate of drug-likeness (QED) is 0.776. The van der Waals surface area contributed by atoms with Crippen molar-refractivity contribution in [3.63, 3.8) is 0 Å². The van der Waals surface area contributed by atoms with Crippen molar-refractivity contribution in [2.75, 3.05) is 0 Å². The van der Waals surface area contributed by atoms with Crippen LogP contribution in [0.2, 0.25) is 0 Å². The molecule has 4 unspecified atom stereocenters. The monoisotopic (exact) mass is 278 g/mol. The first-order chi connectivity index (χ1) is 9.39. The number of allylic oxidation sites excluding steroid dienone is 1. The van der Waals surface area contributed by atoms with Crippen molar-refractivity contribution in [1.29, 1.82) is 0 Å². The summed E-state index contributed by atoms with van der Waals surface area (Å²) in [7, 11) is 0. The number of hydrogen-bond donors (Lipinski definition) is 2. The van der Waals surface area contributed by atoms with Crippen molar-refractivity contribution in [1.82, 2.24) is 0 Å². The molecule has 0 aromatic carbocycles. The van der Waals surface area contributed by atoms with E-state index in [1.165, 1.54) is 19.3 Å². The third-order valence-electron chi connectivity index (χ3n) is 6.10. The van der Waals surface area contributed by atoms with Gasteiger partial charge in [-0.05, 0) is 75.0 Å². The summed E-state index contributed by atoms with van der Waals surface area (Å²) in [5.74, 6) is 2.07. The zero-order valence-electron chi connectivity index (χ0n) is 12.5. The first kappa shape index (κ1) is 14.1. The second-order valence-electron chi connectivity index (χ2n) is 7.64. The topological polar surface area (TPSA) is 57.5 Å². The summed E-state index contributed by atoms with van der Waals surface area (Å²) in [6, 6.07) is 0. The van der Waals surface area contributed by atoms with E-state index in [2.05, 4.69) is 6.92 Å². The number of carbonyl (C=O) groups is 1.